The van der Waals surface area contributed by atoms with E-state index in [2.05, 4.69) is 28.9 Å². The number of rotatable bonds is 3. The van der Waals surface area contributed by atoms with Crippen LogP contribution in [0.5, 0.6) is 0 Å². The van der Waals surface area contributed by atoms with E-state index in [1.54, 1.807) is 6.07 Å². The zero-order valence-corrected chi connectivity index (χ0v) is 9.60. The molecule has 0 amide bonds. The molecule has 5 nitrogen and oxygen atoms in total. The van der Waals surface area contributed by atoms with Crippen LogP contribution in [-0.2, 0) is 0 Å². The third-order valence-corrected chi connectivity index (χ3v) is 3.13. The van der Waals surface area contributed by atoms with Gasteiger partial charge in [-0.15, -0.1) is 0 Å². The van der Waals surface area contributed by atoms with Crippen LogP contribution in [0.1, 0.15) is 48.9 Å². The quantitative estimate of drug-likeness (QED) is 0.817. The molecule has 2 heterocycles. The van der Waals surface area contributed by atoms with Crippen molar-refractivity contribution in [3.05, 3.63) is 17.5 Å². The number of aromatic amines is 1. The highest BCUT2D eigenvalue weighted by Crippen LogP contribution is 2.32. The molecule has 0 aliphatic carbocycles. The molecule has 1 aliphatic rings. The second kappa shape index (κ2) is 4.25. The van der Waals surface area contributed by atoms with E-state index in [0.29, 0.717) is 12.1 Å². The topological polar surface area (TPSA) is 69.2 Å². The predicted octanol–water partition coefficient (Wildman–Crippen LogP) is 1.65. The van der Waals surface area contributed by atoms with E-state index in [1.807, 2.05) is 0 Å². The Morgan fingerprint density at radius 2 is 2.44 bits per heavy atom. The first kappa shape index (κ1) is 11.1. The number of H-pyrrole nitrogens is 1. The Bertz CT molecular complexity index is 386. The van der Waals surface area contributed by atoms with Crippen molar-refractivity contribution in [1.29, 1.82) is 0 Å². The minimum atomic E-state index is -0.975. The summed E-state index contributed by atoms with van der Waals surface area (Å²) in [6, 6.07) is 2.41. The van der Waals surface area contributed by atoms with Crippen molar-refractivity contribution in [2.75, 3.05) is 6.54 Å². The average Bonchev–Trinajstić information content (AvgIpc) is 2.86. The first-order valence-electron chi connectivity index (χ1n) is 5.64. The van der Waals surface area contributed by atoms with E-state index in [9.17, 15) is 4.79 Å². The highest BCUT2D eigenvalue weighted by atomic mass is 16.4. The Hall–Kier alpha value is -1.36. The molecular formula is C11H17N3O2. The molecule has 0 saturated carbocycles. The van der Waals surface area contributed by atoms with Gasteiger partial charge < -0.3 is 5.11 Å². The van der Waals surface area contributed by atoms with E-state index in [4.69, 9.17) is 5.11 Å². The number of aromatic nitrogens is 2. The van der Waals surface area contributed by atoms with Crippen molar-refractivity contribution in [1.82, 2.24) is 15.1 Å². The molecule has 1 unspecified atom stereocenters. The van der Waals surface area contributed by atoms with Gasteiger partial charge in [-0.1, -0.05) is 0 Å². The van der Waals surface area contributed by atoms with E-state index in [-0.39, 0.29) is 5.69 Å². The summed E-state index contributed by atoms with van der Waals surface area (Å²) >= 11 is 0. The number of carboxylic acid groups (broad SMARTS) is 1. The van der Waals surface area contributed by atoms with Crippen molar-refractivity contribution in [2.24, 2.45) is 0 Å². The van der Waals surface area contributed by atoms with E-state index in [0.717, 1.165) is 25.1 Å². The minimum Gasteiger partial charge on any atom is -0.476 e. The van der Waals surface area contributed by atoms with Gasteiger partial charge in [0.2, 0.25) is 0 Å². The van der Waals surface area contributed by atoms with Gasteiger partial charge >= 0.3 is 5.97 Å². The van der Waals surface area contributed by atoms with Gasteiger partial charge in [0, 0.05) is 6.04 Å². The van der Waals surface area contributed by atoms with Crippen molar-refractivity contribution in [3.63, 3.8) is 0 Å². The van der Waals surface area contributed by atoms with Crippen LogP contribution in [0.15, 0.2) is 6.07 Å². The molecule has 0 spiro atoms. The summed E-state index contributed by atoms with van der Waals surface area (Å²) in [5.41, 5.74) is 1.02. The van der Waals surface area contributed by atoms with Gasteiger partial charge in [-0.05, 0) is 39.3 Å². The third kappa shape index (κ3) is 1.95. The molecule has 1 saturated heterocycles. The zero-order valence-electron chi connectivity index (χ0n) is 9.60. The molecule has 1 fully saturated rings. The number of nitrogens with zero attached hydrogens (tertiary/aromatic N) is 2. The van der Waals surface area contributed by atoms with Gasteiger partial charge in [0.05, 0.1) is 11.7 Å². The second-order valence-corrected chi connectivity index (χ2v) is 4.50. The molecular weight excluding hydrogens is 206 g/mol. The lowest BCUT2D eigenvalue weighted by Gasteiger charge is -2.27. The molecule has 16 heavy (non-hydrogen) atoms. The highest BCUT2D eigenvalue weighted by molar-refractivity contribution is 5.85. The Morgan fingerprint density at radius 3 is 3.00 bits per heavy atom. The van der Waals surface area contributed by atoms with Crippen LogP contribution in [0, 0.1) is 0 Å². The largest absolute Gasteiger partial charge is 0.476 e. The smallest absolute Gasteiger partial charge is 0.356 e. The maximum Gasteiger partial charge on any atom is 0.356 e. The van der Waals surface area contributed by atoms with Crippen molar-refractivity contribution < 1.29 is 9.90 Å². The van der Waals surface area contributed by atoms with Gasteiger partial charge in [-0.3, -0.25) is 10.00 Å². The van der Waals surface area contributed by atoms with Crippen LogP contribution >= 0.6 is 0 Å². The van der Waals surface area contributed by atoms with E-state index < -0.39 is 5.97 Å². The molecule has 2 rings (SSSR count). The molecule has 0 radical (unpaired) electrons. The van der Waals surface area contributed by atoms with Crippen LogP contribution in [0.2, 0.25) is 0 Å². The lowest BCUT2D eigenvalue weighted by molar-refractivity contribution is 0.0690. The Balaban J connectivity index is 2.19. The first-order valence-corrected chi connectivity index (χ1v) is 5.64. The second-order valence-electron chi connectivity index (χ2n) is 4.50. The fourth-order valence-corrected chi connectivity index (χ4v) is 2.36. The van der Waals surface area contributed by atoms with E-state index in [1.165, 1.54) is 0 Å². The minimum absolute atomic E-state index is 0.102. The van der Waals surface area contributed by atoms with Crippen LogP contribution in [0.3, 0.4) is 0 Å². The number of nitrogens with one attached hydrogen (secondary N) is 1. The zero-order chi connectivity index (χ0) is 11.7. The summed E-state index contributed by atoms with van der Waals surface area (Å²) in [6.45, 7) is 5.39. The molecule has 88 valence electrons. The normalized spacial score (nSPS) is 21.8. The van der Waals surface area contributed by atoms with Crippen molar-refractivity contribution >= 4 is 5.97 Å². The number of hydrogen-bond acceptors (Lipinski definition) is 3. The van der Waals surface area contributed by atoms with Gasteiger partial charge in [0.25, 0.3) is 0 Å². The Kier molecular flexibility index (Phi) is 2.96. The maximum atomic E-state index is 10.7. The van der Waals surface area contributed by atoms with Crippen LogP contribution < -0.4 is 0 Å². The number of hydrogen-bond donors (Lipinski definition) is 2. The summed E-state index contributed by atoms with van der Waals surface area (Å²) in [7, 11) is 0. The monoisotopic (exact) mass is 223 g/mol. The fraction of sp³-hybridized carbons (Fsp3) is 0.636. The molecule has 1 aromatic heterocycles. The van der Waals surface area contributed by atoms with Gasteiger partial charge in [-0.25, -0.2) is 4.79 Å². The summed E-state index contributed by atoms with van der Waals surface area (Å²) in [4.78, 5) is 13.1. The Morgan fingerprint density at radius 1 is 1.69 bits per heavy atom. The molecule has 1 atom stereocenters. The summed E-state index contributed by atoms with van der Waals surface area (Å²) in [6.07, 6.45) is 2.23. The average molecular weight is 223 g/mol. The summed E-state index contributed by atoms with van der Waals surface area (Å²) in [5.74, 6) is -0.975. The fourth-order valence-electron chi connectivity index (χ4n) is 2.36. The van der Waals surface area contributed by atoms with Crippen LogP contribution in [0.25, 0.3) is 0 Å². The number of likely N-dealkylation sites (tertiary alicyclic amines) is 1. The molecule has 5 heteroatoms. The van der Waals surface area contributed by atoms with Crippen LogP contribution in [0.4, 0.5) is 0 Å². The van der Waals surface area contributed by atoms with Crippen molar-refractivity contribution in [3.8, 4) is 0 Å². The summed E-state index contributed by atoms with van der Waals surface area (Å²) in [5, 5.41) is 15.5. The number of carboxylic acids is 1. The molecule has 1 aliphatic heterocycles. The van der Waals surface area contributed by atoms with Gasteiger partial charge in [0.15, 0.2) is 5.69 Å². The van der Waals surface area contributed by atoms with Gasteiger partial charge in [-0.2, -0.15) is 5.10 Å². The lowest BCUT2D eigenvalue weighted by atomic mass is 10.1. The van der Waals surface area contributed by atoms with E-state index >= 15 is 0 Å². The standard InChI is InChI=1S/C11H17N3O2/c1-7(2)14-5-3-4-10(14)8-6-9(11(15)16)13-12-8/h6-7,10H,3-5H2,1-2H3,(H,12,13)(H,15,16). The first-order chi connectivity index (χ1) is 7.59. The maximum absolute atomic E-state index is 10.7. The van der Waals surface area contributed by atoms with Crippen molar-refractivity contribution in [2.45, 2.75) is 38.8 Å². The highest BCUT2D eigenvalue weighted by Gasteiger charge is 2.29. The predicted molar refractivity (Wildman–Crippen MR) is 59.4 cm³/mol. The molecule has 0 bridgehead atoms. The number of carbonyl (C=O) groups is 1. The third-order valence-electron chi connectivity index (χ3n) is 3.13. The lowest BCUT2D eigenvalue weighted by Crippen LogP contribution is -2.30. The summed E-state index contributed by atoms with van der Waals surface area (Å²) < 4.78 is 0. The molecule has 0 aromatic carbocycles. The Labute approximate surface area is 94.5 Å². The van der Waals surface area contributed by atoms with Gasteiger partial charge in [0.1, 0.15) is 0 Å². The number of aromatic carboxylic acids is 1. The SMILES string of the molecule is CC(C)N1CCCC1c1cc(C(=O)O)n[nH]1. The van der Waals surface area contributed by atoms with Crippen LogP contribution in [-0.4, -0.2) is 38.8 Å². The molecule has 1 aromatic rings. The molecule has 2 N–H and O–H groups in total.